The molecule has 0 radical (unpaired) electrons. The molecule has 0 aliphatic carbocycles. The summed E-state index contributed by atoms with van der Waals surface area (Å²) in [5.74, 6) is -1.45. The first-order valence-corrected chi connectivity index (χ1v) is 4.59. The van der Waals surface area contributed by atoms with Gasteiger partial charge in [-0.3, -0.25) is 4.79 Å². The number of aromatic amines is 1. The summed E-state index contributed by atoms with van der Waals surface area (Å²) in [6.45, 7) is 1.91. The van der Waals surface area contributed by atoms with Gasteiger partial charge < -0.3 is 10.7 Å². The second-order valence-corrected chi connectivity index (χ2v) is 3.24. The van der Waals surface area contributed by atoms with E-state index < -0.39 is 11.7 Å². The van der Waals surface area contributed by atoms with E-state index in [-0.39, 0.29) is 5.56 Å². The van der Waals surface area contributed by atoms with Gasteiger partial charge in [0.15, 0.2) is 5.82 Å². The second kappa shape index (κ2) is 3.34. The van der Waals surface area contributed by atoms with Crippen molar-refractivity contribution in [2.24, 2.45) is 5.73 Å². The van der Waals surface area contributed by atoms with Gasteiger partial charge in [-0.25, -0.2) is 9.37 Å². The molecule has 2 rings (SSSR count). The number of fused-ring (bicyclic) bond motifs is 1. The van der Waals surface area contributed by atoms with Gasteiger partial charge in [0, 0.05) is 11.6 Å². The van der Waals surface area contributed by atoms with Gasteiger partial charge in [-0.1, -0.05) is 6.92 Å². The van der Waals surface area contributed by atoms with Gasteiger partial charge in [-0.15, -0.1) is 0 Å². The SMILES string of the molecule is CCc1c[nH]c2ncc(F)c(C(N)=O)c12. The molecule has 0 spiro atoms. The molecule has 2 aromatic rings. The van der Waals surface area contributed by atoms with Crippen LogP contribution in [0.4, 0.5) is 4.39 Å². The van der Waals surface area contributed by atoms with Crippen LogP contribution in [-0.4, -0.2) is 15.9 Å². The Morgan fingerprint density at radius 3 is 3.00 bits per heavy atom. The Hall–Kier alpha value is -1.91. The van der Waals surface area contributed by atoms with E-state index in [1.54, 1.807) is 6.20 Å². The molecule has 0 aliphatic heterocycles. The number of hydrogen-bond acceptors (Lipinski definition) is 2. The van der Waals surface area contributed by atoms with Crippen LogP contribution in [-0.2, 0) is 6.42 Å². The van der Waals surface area contributed by atoms with Crippen molar-refractivity contribution >= 4 is 16.9 Å². The highest BCUT2D eigenvalue weighted by molar-refractivity contribution is 6.06. The molecule has 0 unspecified atom stereocenters. The molecule has 0 saturated carbocycles. The fourth-order valence-corrected chi connectivity index (χ4v) is 1.66. The first-order valence-electron chi connectivity index (χ1n) is 4.59. The lowest BCUT2D eigenvalue weighted by Gasteiger charge is -2.01. The topological polar surface area (TPSA) is 71.8 Å². The fraction of sp³-hybridized carbons (Fsp3) is 0.200. The Balaban J connectivity index is 2.89. The zero-order chi connectivity index (χ0) is 11.0. The van der Waals surface area contributed by atoms with Crippen molar-refractivity contribution in [3.05, 3.63) is 29.3 Å². The van der Waals surface area contributed by atoms with Crippen LogP contribution < -0.4 is 5.73 Å². The molecule has 1 amide bonds. The number of H-pyrrole nitrogens is 1. The Morgan fingerprint density at radius 2 is 2.40 bits per heavy atom. The maximum Gasteiger partial charge on any atom is 0.252 e. The number of pyridine rings is 1. The van der Waals surface area contributed by atoms with Gasteiger partial charge in [0.1, 0.15) is 5.65 Å². The number of primary amides is 1. The van der Waals surface area contributed by atoms with E-state index in [1.165, 1.54) is 0 Å². The summed E-state index contributed by atoms with van der Waals surface area (Å²) < 4.78 is 13.4. The first-order chi connectivity index (χ1) is 7.15. The van der Waals surface area contributed by atoms with E-state index in [1.807, 2.05) is 6.92 Å². The zero-order valence-corrected chi connectivity index (χ0v) is 8.17. The van der Waals surface area contributed by atoms with Crippen LogP contribution in [0.3, 0.4) is 0 Å². The quantitative estimate of drug-likeness (QED) is 0.780. The molecule has 2 heterocycles. The van der Waals surface area contributed by atoms with E-state index >= 15 is 0 Å². The van der Waals surface area contributed by atoms with Crippen LogP contribution in [0.15, 0.2) is 12.4 Å². The molecule has 0 bridgehead atoms. The fourth-order valence-electron chi connectivity index (χ4n) is 1.66. The molecule has 0 saturated heterocycles. The predicted octanol–water partition coefficient (Wildman–Crippen LogP) is 1.36. The van der Waals surface area contributed by atoms with Crippen molar-refractivity contribution < 1.29 is 9.18 Å². The summed E-state index contributed by atoms with van der Waals surface area (Å²) in [4.78, 5) is 17.9. The summed E-state index contributed by atoms with van der Waals surface area (Å²) in [6.07, 6.45) is 3.40. The van der Waals surface area contributed by atoms with Crippen molar-refractivity contribution in [3.8, 4) is 0 Å². The highest BCUT2D eigenvalue weighted by atomic mass is 19.1. The third-order valence-corrected chi connectivity index (χ3v) is 2.36. The molecule has 2 aromatic heterocycles. The molecular formula is C10H10FN3O. The molecule has 3 N–H and O–H groups in total. The zero-order valence-electron chi connectivity index (χ0n) is 8.17. The number of aromatic nitrogens is 2. The first kappa shape index (κ1) is 9.64. The Bertz CT molecular complexity index is 533. The van der Waals surface area contributed by atoms with Crippen molar-refractivity contribution in [1.82, 2.24) is 9.97 Å². The Labute approximate surface area is 85.3 Å². The standard InChI is InChI=1S/C10H10FN3O/c1-2-5-3-13-10-7(5)8(9(12)15)6(11)4-14-10/h3-4H,2H2,1H3,(H2,12,15)(H,13,14). The summed E-state index contributed by atoms with van der Waals surface area (Å²) in [7, 11) is 0. The summed E-state index contributed by atoms with van der Waals surface area (Å²) in [5.41, 5.74) is 6.38. The maximum atomic E-state index is 13.4. The number of halogens is 1. The van der Waals surface area contributed by atoms with Gasteiger partial charge in [-0.2, -0.15) is 0 Å². The number of nitrogens with two attached hydrogens (primary N) is 1. The van der Waals surface area contributed by atoms with Crippen LogP contribution in [0, 0.1) is 5.82 Å². The van der Waals surface area contributed by atoms with Crippen molar-refractivity contribution in [2.45, 2.75) is 13.3 Å². The minimum atomic E-state index is -0.769. The molecule has 0 aromatic carbocycles. The lowest BCUT2D eigenvalue weighted by molar-refractivity contribution is 0.0998. The van der Waals surface area contributed by atoms with Crippen LogP contribution in [0.5, 0.6) is 0 Å². The molecule has 78 valence electrons. The average Bonchev–Trinajstić information content (AvgIpc) is 2.59. The number of hydrogen-bond donors (Lipinski definition) is 2. The number of nitrogens with zero attached hydrogens (tertiary/aromatic N) is 1. The highest BCUT2D eigenvalue weighted by Crippen LogP contribution is 2.23. The number of carbonyl (C=O) groups excluding carboxylic acids is 1. The molecule has 4 nitrogen and oxygen atoms in total. The van der Waals surface area contributed by atoms with E-state index in [2.05, 4.69) is 9.97 Å². The number of rotatable bonds is 2. The van der Waals surface area contributed by atoms with E-state index in [0.29, 0.717) is 17.5 Å². The average molecular weight is 207 g/mol. The summed E-state index contributed by atoms with van der Waals surface area (Å²) in [6, 6.07) is 0. The summed E-state index contributed by atoms with van der Waals surface area (Å²) >= 11 is 0. The van der Waals surface area contributed by atoms with E-state index in [0.717, 1.165) is 11.8 Å². The maximum absolute atomic E-state index is 13.4. The Morgan fingerprint density at radius 1 is 1.67 bits per heavy atom. The second-order valence-electron chi connectivity index (χ2n) is 3.24. The smallest absolute Gasteiger partial charge is 0.252 e. The van der Waals surface area contributed by atoms with Crippen LogP contribution in [0.2, 0.25) is 0 Å². The van der Waals surface area contributed by atoms with Crippen LogP contribution in [0.1, 0.15) is 22.8 Å². The lowest BCUT2D eigenvalue weighted by atomic mass is 10.1. The van der Waals surface area contributed by atoms with Crippen LogP contribution >= 0.6 is 0 Å². The summed E-state index contributed by atoms with van der Waals surface area (Å²) in [5, 5.41) is 0.491. The minimum absolute atomic E-state index is 0.0851. The monoisotopic (exact) mass is 207 g/mol. The minimum Gasteiger partial charge on any atom is -0.365 e. The molecule has 5 heteroatoms. The number of carbonyl (C=O) groups is 1. The van der Waals surface area contributed by atoms with Crippen molar-refractivity contribution in [1.29, 1.82) is 0 Å². The third kappa shape index (κ3) is 1.36. The number of aryl methyl sites for hydroxylation is 1. The number of amides is 1. The van der Waals surface area contributed by atoms with Gasteiger partial charge in [-0.05, 0) is 12.0 Å². The van der Waals surface area contributed by atoms with Crippen molar-refractivity contribution in [3.63, 3.8) is 0 Å². The molecule has 0 aliphatic rings. The van der Waals surface area contributed by atoms with Gasteiger partial charge in [0.05, 0.1) is 11.8 Å². The number of nitrogens with one attached hydrogen (secondary N) is 1. The molecule has 0 atom stereocenters. The third-order valence-electron chi connectivity index (χ3n) is 2.36. The largest absolute Gasteiger partial charge is 0.365 e. The predicted molar refractivity (Wildman–Crippen MR) is 53.9 cm³/mol. The Kier molecular flexibility index (Phi) is 2.15. The normalized spacial score (nSPS) is 10.8. The van der Waals surface area contributed by atoms with E-state index in [4.69, 9.17) is 5.73 Å². The van der Waals surface area contributed by atoms with Crippen molar-refractivity contribution in [2.75, 3.05) is 0 Å². The molecule has 0 fully saturated rings. The van der Waals surface area contributed by atoms with E-state index in [9.17, 15) is 9.18 Å². The lowest BCUT2D eigenvalue weighted by Crippen LogP contribution is -2.14. The van der Waals surface area contributed by atoms with Crippen LogP contribution in [0.25, 0.3) is 11.0 Å². The highest BCUT2D eigenvalue weighted by Gasteiger charge is 2.17. The van der Waals surface area contributed by atoms with Gasteiger partial charge in [0.25, 0.3) is 5.91 Å². The van der Waals surface area contributed by atoms with Gasteiger partial charge in [0.2, 0.25) is 0 Å². The molecular weight excluding hydrogens is 197 g/mol. The van der Waals surface area contributed by atoms with Gasteiger partial charge >= 0.3 is 0 Å². The molecule has 15 heavy (non-hydrogen) atoms.